The van der Waals surface area contributed by atoms with Gasteiger partial charge in [-0.25, -0.2) is 0 Å². The minimum absolute atomic E-state index is 0.0932. The smallest absolute Gasteiger partial charge is 0.220 e. The third-order valence-electron chi connectivity index (χ3n) is 1.63. The molecule has 1 unspecified atom stereocenters. The van der Waals surface area contributed by atoms with Crippen LogP contribution in [-0.4, -0.2) is 28.5 Å². The highest BCUT2D eigenvalue weighted by Crippen LogP contribution is 2.09. The van der Waals surface area contributed by atoms with Crippen molar-refractivity contribution in [1.29, 1.82) is 0 Å². The molecule has 1 rings (SSSR count). The summed E-state index contributed by atoms with van der Waals surface area (Å²) in [7, 11) is 0. The van der Waals surface area contributed by atoms with Gasteiger partial charge < -0.3 is 15.5 Å². The summed E-state index contributed by atoms with van der Waals surface area (Å²) in [5, 5.41) is 19.7. The molecule has 1 fully saturated rings. The van der Waals surface area contributed by atoms with Crippen LogP contribution in [0.5, 0.6) is 0 Å². The largest absolute Gasteiger partial charge is 0.366 e. The molecule has 0 spiro atoms. The fourth-order valence-electron chi connectivity index (χ4n) is 1.06. The molecule has 1 atom stereocenters. The quantitative estimate of drug-likeness (QED) is 0.413. The van der Waals surface area contributed by atoms with E-state index in [9.17, 15) is 4.79 Å². The number of hydrogen-bond acceptors (Lipinski definition) is 3. The van der Waals surface area contributed by atoms with Gasteiger partial charge in [-0.15, -0.1) is 0 Å². The highest BCUT2D eigenvalue weighted by molar-refractivity contribution is 5.76. The van der Waals surface area contributed by atoms with E-state index in [4.69, 9.17) is 10.2 Å². The highest BCUT2D eigenvalue weighted by Gasteiger charge is 2.22. The van der Waals surface area contributed by atoms with Gasteiger partial charge in [-0.05, 0) is 12.8 Å². The molecule has 3 N–H and O–H groups in total. The SMILES string of the molecule is O=C1CCCC(C(O)O)N1. The van der Waals surface area contributed by atoms with Crippen LogP contribution in [0, 0.1) is 0 Å². The van der Waals surface area contributed by atoms with Crippen LogP contribution in [0.2, 0.25) is 0 Å². The number of rotatable bonds is 1. The van der Waals surface area contributed by atoms with Crippen LogP contribution in [0.4, 0.5) is 0 Å². The number of piperidine rings is 1. The van der Waals surface area contributed by atoms with Gasteiger partial charge >= 0.3 is 0 Å². The van der Waals surface area contributed by atoms with Crippen LogP contribution in [0.25, 0.3) is 0 Å². The molecule has 0 radical (unpaired) electrons. The maximum atomic E-state index is 10.6. The van der Waals surface area contributed by atoms with E-state index in [1.807, 2.05) is 0 Å². The Bertz CT molecular complexity index is 135. The van der Waals surface area contributed by atoms with E-state index >= 15 is 0 Å². The van der Waals surface area contributed by atoms with Gasteiger partial charge in [0.1, 0.15) is 0 Å². The molecule has 0 saturated carbocycles. The van der Waals surface area contributed by atoms with Gasteiger partial charge in [0, 0.05) is 6.42 Å². The van der Waals surface area contributed by atoms with Crippen LogP contribution in [0.3, 0.4) is 0 Å². The average molecular weight is 145 g/mol. The number of aliphatic hydroxyl groups is 2. The van der Waals surface area contributed by atoms with E-state index in [1.54, 1.807) is 0 Å². The lowest BCUT2D eigenvalue weighted by molar-refractivity contribution is -0.130. The van der Waals surface area contributed by atoms with Gasteiger partial charge in [-0.2, -0.15) is 0 Å². The van der Waals surface area contributed by atoms with Crippen molar-refractivity contribution >= 4 is 5.91 Å². The Labute approximate surface area is 58.9 Å². The van der Waals surface area contributed by atoms with Crippen molar-refractivity contribution in [2.24, 2.45) is 0 Å². The summed E-state index contributed by atoms with van der Waals surface area (Å²) in [4.78, 5) is 10.6. The molecule has 58 valence electrons. The molecule has 4 heteroatoms. The summed E-state index contributed by atoms with van der Waals surface area (Å²) < 4.78 is 0. The molecule has 10 heavy (non-hydrogen) atoms. The Morgan fingerprint density at radius 3 is 2.70 bits per heavy atom. The van der Waals surface area contributed by atoms with Crippen molar-refractivity contribution in [2.75, 3.05) is 0 Å². The number of carbonyl (C=O) groups is 1. The Kier molecular flexibility index (Phi) is 2.24. The van der Waals surface area contributed by atoms with Gasteiger partial charge in [-0.1, -0.05) is 0 Å². The van der Waals surface area contributed by atoms with Crippen LogP contribution in [0.1, 0.15) is 19.3 Å². The first kappa shape index (κ1) is 7.50. The Balaban J connectivity index is 2.39. The Hall–Kier alpha value is -0.610. The molecule has 1 aliphatic rings. The molecular formula is C6H11NO3. The fourth-order valence-corrected chi connectivity index (χ4v) is 1.06. The predicted octanol–water partition coefficient (Wildman–Crippen LogP) is -1.03. The number of aliphatic hydroxyl groups excluding tert-OH is 1. The second kappa shape index (κ2) is 2.98. The lowest BCUT2D eigenvalue weighted by Crippen LogP contribution is -2.46. The molecule has 0 aromatic carbocycles. The van der Waals surface area contributed by atoms with E-state index in [-0.39, 0.29) is 5.91 Å². The summed E-state index contributed by atoms with van der Waals surface area (Å²) in [6, 6.07) is -0.457. The highest BCUT2D eigenvalue weighted by atomic mass is 16.5. The van der Waals surface area contributed by atoms with Gasteiger partial charge in [0.05, 0.1) is 6.04 Å². The molecule has 1 saturated heterocycles. The first-order valence-electron chi connectivity index (χ1n) is 3.35. The van der Waals surface area contributed by atoms with Crippen LogP contribution in [0.15, 0.2) is 0 Å². The summed E-state index contributed by atoms with van der Waals surface area (Å²) in [6.07, 6.45) is 0.491. The molecular weight excluding hydrogens is 134 g/mol. The zero-order valence-corrected chi connectivity index (χ0v) is 5.58. The van der Waals surface area contributed by atoms with E-state index in [1.165, 1.54) is 0 Å². The van der Waals surface area contributed by atoms with Crippen LogP contribution >= 0.6 is 0 Å². The minimum Gasteiger partial charge on any atom is -0.366 e. The Morgan fingerprint density at radius 1 is 1.60 bits per heavy atom. The second-order valence-corrected chi connectivity index (χ2v) is 2.48. The molecule has 0 aromatic rings. The van der Waals surface area contributed by atoms with E-state index in [0.717, 1.165) is 6.42 Å². The maximum Gasteiger partial charge on any atom is 0.220 e. The van der Waals surface area contributed by atoms with Crippen molar-refractivity contribution in [1.82, 2.24) is 5.32 Å². The normalized spacial score (nSPS) is 26.7. The van der Waals surface area contributed by atoms with Gasteiger partial charge in [0.15, 0.2) is 6.29 Å². The van der Waals surface area contributed by atoms with Gasteiger partial charge in [0.2, 0.25) is 5.91 Å². The van der Waals surface area contributed by atoms with Crippen molar-refractivity contribution < 1.29 is 15.0 Å². The van der Waals surface area contributed by atoms with Crippen molar-refractivity contribution in [3.05, 3.63) is 0 Å². The molecule has 1 heterocycles. The number of carbonyl (C=O) groups excluding carboxylic acids is 1. The molecule has 1 aliphatic heterocycles. The topological polar surface area (TPSA) is 69.6 Å². The van der Waals surface area contributed by atoms with Crippen molar-refractivity contribution in [3.8, 4) is 0 Å². The van der Waals surface area contributed by atoms with E-state index < -0.39 is 12.3 Å². The zero-order valence-electron chi connectivity index (χ0n) is 5.58. The van der Waals surface area contributed by atoms with Gasteiger partial charge in [0.25, 0.3) is 0 Å². The van der Waals surface area contributed by atoms with Gasteiger partial charge in [-0.3, -0.25) is 4.79 Å². The van der Waals surface area contributed by atoms with Crippen LogP contribution < -0.4 is 5.32 Å². The molecule has 4 nitrogen and oxygen atoms in total. The lowest BCUT2D eigenvalue weighted by atomic mass is 10.0. The van der Waals surface area contributed by atoms with Crippen LogP contribution in [-0.2, 0) is 4.79 Å². The second-order valence-electron chi connectivity index (χ2n) is 2.48. The zero-order chi connectivity index (χ0) is 7.56. The van der Waals surface area contributed by atoms with E-state index in [2.05, 4.69) is 5.32 Å². The molecule has 0 bridgehead atoms. The maximum absolute atomic E-state index is 10.6. The molecule has 1 amide bonds. The average Bonchev–Trinajstić information content (AvgIpc) is 1.88. The fraction of sp³-hybridized carbons (Fsp3) is 0.833. The summed E-state index contributed by atoms with van der Waals surface area (Å²) in [5.41, 5.74) is 0. The lowest BCUT2D eigenvalue weighted by Gasteiger charge is -2.24. The summed E-state index contributed by atoms with van der Waals surface area (Å²) in [6.45, 7) is 0. The van der Waals surface area contributed by atoms with E-state index in [0.29, 0.717) is 12.8 Å². The summed E-state index contributed by atoms with van der Waals surface area (Å²) >= 11 is 0. The minimum atomic E-state index is -1.41. The third-order valence-corrected chi connectivity index (χ3v) is 1.63. The standard InChI is InChI=1S/C6H11NO3/c8-5-3-1-2-4(7-5)6(9)10/h4,6,9-10H,1-3H2,(H,7,8). The first-order valence-corrected chi connectivity index (χ1v) is 3.35. The van der Waals surface area contributed by atoms with Crippen molar-refractivity contribution in [2.45, 2.75) is 31.6 Å². The number of amides is 1. The summed E-state index contributed by atoms with van der Waals surface area (Å²) in [5.74, 6) is -0.0932. The molecule has 0 aliphatic carbocycles. The molecule has 0 aromatic heterocycles. The monoisotopic (exact) mass is 145 g/mol. The van der Waals surface area contributed by atoms with Crippen molar-refractivity contribution in [3.63, 3.8) is 0 Å². The first-order chi connectivity index (χ1) is 4.70. The Morgan fingerprint density at radius 2 is 2.30 bits per heavy atom. The predicted molar refractivity (Wildman–Crippen MR) is 34.0 cm³/mol. The number of nitrogens with one attached hydrogen (secondary N) is 1. The number of hydrogen-bond donors (Lipinski definition) is 3. The third kappa shape index (κ3) is 1.68.